The summed E-state index contributed by atoms with van der Waals surface area (Å²) in [6.45, 7) is 8.08. The number of aryl methyl sites for hydroxylation is 2. The van der Waals surface area contributed by atoms with Crippen molar-refractivity contribution in [3.63, 3.8) is 0 Å². The van der Waals surface area contributed by atoms with E-state index in [-0.39, 0.29) is 0 Å². The Labute approximate surface area is 132 Å². The fraction of sp³-hybridized carbons (Fsp3) is 0.316. The summed E-state index contributed by atoms with van der Waals surface area (Å²) < 4.78 is 10.2. The highest BCUT2D eigenvalue weighted by atomic mass is 16.5. The molecule has 3 nitrogen and oxygen atoms in total. The summed E-state index contributed by atoms with van der Waals surface area (Å²) in [4.78, 5) is 10.5. The van der Waals surface area contributed by atoms with Crippen LogP contribution in [0.15, 0.2) is 30.3 Å². The summed E-state index contributed by atoms with van der Waals surface area (Å²) in [5.74, 6) is 1.75. The second-order valence-electron chi connectivity index (χ2n) is 5.19. The molecule has 2 aromatic carbocycles. The monoisotopic (exact) mass is 300 g/mol. The Balaban J connectivity index is 0.000000224. The highest BCUT2D eigenvalue weighted by molar-refractivity contribution is 5.76. The summed E-state index contributed by atoms with van der Waals surface area (Å²) in [5, 5.41) is 0. The summed E-state index contributed by atoms with van der Waals surface area (Å²) in [6, 6.07) is 9.65. The minimum Gasteiger partial charge on any atom is -0.496 e. The first kappa shape index (κ1) is 17.8. The van der Waals surface area contributed by atoms with Gasteiger partial charge in [-0.1, -0.05) is 12.1 Å². The van der Waals surface area contributed by atoms with E-state index < -0.39 is 0 Å². The molecule has 0 heterocycles. The number of rotatable bonds is 3. The molecular formula is C19H24O3. The average molecular weight is 300 g/mol. The lowest BCUT2D eigenvalue weighted by Gasteiger charge is -2.07. The van der Waals surface area contributed by atoms with E-state index in [9.17, 15) is 4.79 Å². The first-order valence-electron chi connectivity index (χ1n) is 7.15. The second kappa shape index (κ2) is 8.23. The van der Waals surface area contributed by atoms with Crippen molar-refractivity contribution >= 4 is 6.29 Å². The number of carbonyl (C=O) groups excluding carboxylic acids is 1. The Morgan fingerprint density at radius 2 is 1.41 bits per heavy atom. The van der Waals surface area contributed by atoms with Crippen molar-refractivity contribution in [1.82, 2.24) is 0 Å². The molecule has 0 aliphatic heterocycles. The van der Waals surface area contributed by atoms with Crippen molar-refractivity contribution in [3.8, 4) is 11.5 Å². The molecule has 118 valence electrons. The Morgan fingerprint density at radius 1 is 0.818 bits per heavy atom. The smallest absolute Gasteiger partial charge is 0.150 e. The Kier molecular flexibility index (Phi) is 6.64. The number of hydrogen-bond acceptors (Lipinski definition) is 3. The van der Waals surface area contributed by atoms with Gasteiger partial charge < -0.3 is 9.47 Å². The van der Waals surface area contributed by atoms with Gasteiger partial charge in [-0.25, -0.2) is 0 Å². The summed E-state index contributed by atoms with van der Waals surface area (Å²) >= 11 is 0. The van der Waals surface area contributed by atoms with Gasteiger partial charge >= 0.3 is 0 Å². The summed E-state index contributed by atoms with van der Waals surface area (Å²) in [6.07, 6.45) is 0.828. The van der Waals surface area contributed by atoms with Crippen molar-refractivity contribution in [3.05, 3.63) is 58.1 Å². The SMILES string of the molecule is COc1cc(C=O)cc(C)c1C.COc1cccc(C)c1C. The van der Waals surface area contributed by atoms with Crippen molar-refractivity contribution < 1.29 is 14.3 Å². The van der Waals surface area contributed by atoms with Crippen molar-refractivity contribution in [1.29, 1.82) is 0 Å². The maximum absolute atomic E-state index is 10.5. The number of methoxy groups -OCH3 is 2. The van der Waals surface area contributed by atoms with Crippen molar-refractivity contribution in [2.45, 2.75) is 27.7 Å². The number of benzene rings is 2. The molecule has 0 radical (unpaired) electrons. The highest BCUT2D eigenvalue weighted by Crippen LogP contribution is 2.22. The zero-order valence-electron chi connectivity index (χ0n) is 14.2. The molecule has 0 saturated carbocycles. The Bertz CT molecular complexity index is 645. The van der Waals surface area contributed by atoms with Gasteiger partial charge in [-0.05, 0) is 68.1 Å². The number of hydrogen-bond donors (Lipinski definition) is 0. The third kappa shape index (κ3) is 4.35. The van der Waals surface area contributed by atoms with E-state index in [1.807, 2.05) is 32.0 Å². The maximum Gasteiger partial charge on any atom is 0.150 e. The molecule has 3 heteroatoms. The second-order valence-corrected chi connectivity index (χ2v) is 5.19. The van der Waals surface area contributed by atoms with Gasteiger partial charge in [0.2, 0.25) is 0 Å². The highest BCUT2D eigenvalue weighted by Gasteiger charge is 2.03. The van der Waals surface area contributed by atoms with E-state index in [1.54, 1.807) is 20.3 Å². The fourth-order valence-electron chi connectivity index (χ4n) is 2.08. The molecule has 0 aromatic heterocycles. The van der Waals surface area contributed by atoms with Crippen LogP contribution >= 0.6 is 0 Å². The van der Waals surface area contributed by atoms with Crippen LogP contribution in [0.5, 0.6) is 11.5 Å². The molecule has 0 unspecified atom stereocenters. The molecule has 0 spiro atoms. The third-order valence-corrected chi connectivity index (χ3v) is 3.77. The van der Waals surface area contributed by atoms with Gasteiger partial charge in [0.05, 0.1) is 14.2 Å². The van der Waals surface area contributed by atoms with Crippen LogP contribution in [0.25, 0.3) is 0 Å². The minimum absolute atomic E-state index is 0.662. The van der Waals surface area contributed by atoms with Crippen LogP contribution < -0.4 is 9.47 Å². The first-order chi connectivity index (χ1) is 10.4. The van der Waals surface area contributed by atoms with Crippen molar-refractivity contribution in [2.75, 3.05) is 14.2 Å². The zero-order chi connectivity index (χ0) is 16.7. The van der Waals surface area contributed by atoms with Crippen LogP contribution in [0.1, 0.15) is 32.6 Å². The lowest BCUT2D eigenvalue weighted by molar-refractivity contribution is 0.112. The largest absolute Gasteiger partial charge is 0.496 e. The van der Waals surface area contributed by atoms with E-state index in [4.69, 9.17) is 9.47 Å². The molecule has 0 bridgehead atoms. The normalized spacial score (nSPS) is 9.55. The quantitative estimate of drug-likeness (QED) is 0.786. The predicted octanol–water partition coefficient (Wildman–Crippen LogP) is 4.44. The van der Waals surface area contributed by atoms with Gasteiger partial charge in [-0.15, -0.1) is 0 Å². The molecule has 2 rings (SSSR count). The van der Waals surface area contributed by atoms with E-state index in [0.29, 0.717) is 5.56 Å². The van der Waals surface area contributed by atoms with Crippen LogP contribution in [-0.2, 0) is 0 Å². The standard InChI is InChI=1S/C10H12O2.C9H12O/c1-7-4-9(6-11)5-10(12-3)8(7)2;1-7-5-4-6-9(10-3)8(7)2/h4-6H,1-3H3;4-6H,1-3H3. The fourth-order valence-corrected chi connectivity index (χ4v) is 2.08. The van der Waals surface area contributed by atoms with Gasteiger partial charge in [-0.3, -0.25) is 4.79 Å². The van der Waals surface area contributed by atoms with E-state index in [0.717, 1.165) is 28.9 Å². The predicted molar refractivity (Wildman–Crippen MR) is 90.3 cm³/mol. The molecule has 0 N–H and O–H groups in total. The van der Waals surface area contributed by atoms with Gasteiger partial charge in [0.1, 0.15) is 17.8 Å². The molecule has 0 amide bonds. The molecule has 2 aromatic rings. The number of ether oxygens (including phenoxy) is 2. The van der Waals surface area contributed by atoms with Gasteiger partial charge in [0.15, 0.2) is 0 Å². The van der Waals surface area contributed by atoms with Crippen molar-refractivity contribution in [2.24, 2.45) is 0 Å². The summed E-state index contributed by atoms with van der Waals surface area (Å²) in [7, 11) is 3.30. The lowest BCUT2D eigenvalue weighted by atomic mass is 10.1. The third-order valence-electron chi connectivity index (χ3n) is 3.77. The molecule has 0 aliphatic carbocycles. The minimum atomic E-state index is 0.662. The topological polar surface area (TPSA) is 35.5 Å². The molecule has 0 fully saturated rings. The Morgan fingerprint density at radius 3 is 1.91 bits per heavy atom. The Hall–Kier alpha value is -2.29. The van der Waals surface area contributed by atoms with Gasteiger partial charge in [0, 0.05) is 5.56 Å². The van der Waals surface area contributed by atoms with Crippen LogP contribution in [-0.4, -0.2) is 20.5 Å². The van der Waals surface area contributed by atoms with Crippen LogP contribution in [0.2, 0.25) is 0 Å². The van der Waals surface area contributed by atoms with Gasteiger partial charge in [0.25, 0.3) is 0 Å². The maximum atomic E-state index is 10.5. The number of aldehydes is 1. The molecular weight excluding hydrogens is 276 g/mol. The van der Waals surface area contributed by atoms with E-state index >= 15 is 0 Å². The number of carbonyl (C=O) groups is 1. The van der Waals surface area contributed by atoms with Gasteiger partial charge in [-0.2, -0.15) is 0 Å². The van der Waals surface area contributed by atoms with Crippen LogP contribution in [0.3, 0.4) is 0 Å². The van der Waals surface area contributed by atoms with E-state index in [2.05, 4.69) is 19.9 Å². The molecule has 0 atom stereocenters. The molecule has 22 heavy (non-hydrogen) atoms. The first-order valence-corrected chi connectivity index (χ1v) is 7.15. The molecule has 0 saturated heterocycles. The van der Waals surface area contributed by atoms with Crippen LogP contribution in [0, 0.1) is 27.7 Å². The molecule has 0 aliphatic rings. The zero-order valence-corrected chi connectivity index (χ0v) is 14.2. The van der Waals surface area contributed by atoms with Crippen LogP contribution in [0.4, 0.5) is 0 Å². The van der Waals surface area contributed by atoms with E-state index in [1.165, 1.54) is 11.1 Å². The lowest BCUT2D eigenvalue weighted by Crippen LogP contribution is -1.92. The average Bonchev–Trinajstić information content (AvgIpc) is 2.53. The summed E-state index contributed by atoms with van der Waals surface area (Å²) in [5.41, 5.74) is 5.33.